The van der Waals surface area contributed by atoms with Gasteiger partial charge in [0.15, 0.2) is 0 Å². The maximum absolute atomic E-state index is 13.0. The van der Waals surface area contributed by atoms with Crippen LogP contribution in [0.1, 0.15) is 45.4 Å². The molecule has 6 nitrogen and oxygen atoms in total. The molecule has 2 aromatic rings. The first-order chi connectivity index (χ1) is 13.0. The van der Waals surface area contributed by atoms with Crippen LogP contribution in [0.3, 0.4) is 0 Å². The lowest BCUT2D eigenvalue weighted by atomic mass is 10.2. The van der Waals surface area contributed by atoms with Crippen LogP contribution >= 0.6 is 0 Å². The third-order valence-electron chi connectivity index (χ3n) is 5.11. The average Bonchev–Trinajstić information content (AvgIpc) is 2.86. The molecule has 1 aromatic heterocycles. The van der Waals surface area contributed by atoms with Crippen molar-refractivity contribution in [2.24, 2.45) is 0 Å². The Morgan fingerprint density at radius 2 is 1.85 bits per heavy atom. The maximum atomic E-state index is 13.0. The highest BCUT2D eigenvalue weighted by Crippen LogP contribution is 2.24. The molecule has 1 amide bonds. The standard InChI is InChI=1S/C20H29N3O3S/c1-2-3-11-21-20(24)16-22-14-10-17-15-18(8-9-19(17)22)27(25,26)23-12-6-4-5-7-13-23/h8-10,14-15H,2-7,11-13,16H2,1H3,(H,21,24). The predicted molar refractivity (Wildman–Crippen MR) is 107 cm³/mol. The first kappa shape index (κ1) is 19.9. The summed E-state index contributed by atoms with van der Waals surface area (Å²) in [7, 11) is -3.46. The first-order valence-electron chi connectivity index (χ1n) is 9.88. The molecule has 148 valence electrons. The van der Waals surface area contributed by atoms with Gasteiger partial charge in [-0.15, -0.1) is 0 Å². The number of aromatic nitrogens is 1. The SMILES string of the molecule is CCCCNC(=O)Cn1ccc2cc(S(=O)(=O)N3CCCCCC3)ccc21. The zero-order chi connectivity index (χ0) is 19.3. The molecule has 27 heavy (non-hydrogen) atoms. The number of sulfonamides is 1. The number of benzene rings is 1. The predicted octanol–water partition coefficient (Wildman–Crippen LogP) is 3.12. The highest BCUT2D eigenvalue weighted by molar-refractivity contribution is 7.89. The van der Waals surface area contributed by atoms with Crippen LogP contribution in [0, 0.1) is 0 Å². The molecule has 0 bridgehead atoms. The Labute approximate surface area is 161 Å². The minimum atomic E-state index is -3.46. The van der Waals surface area contributed by atoms with E-state index in [2.05, 4.69) is 12.2 Å². The molecule has 0 aliphatic carbocycles. The number of amides is 1. The number of carbonyl (C=O) groups excluding carboxylic acids is 1. The van der Waals surface area contributed by atoms with Gasteiger partial charge in [0.1, 0.15) is 6.54 Å². The maximum Gasteiger partial charge on any atom is 0.243 e. The summed E-state index contributed by atoms with van der Waals surface area (Å²) in [6.45, 7) is 4.21. The van der Waals surface area contributed by atoms with Gasteiger partial charge in [-0.2, -0.15) is 4.31 Å². The molecule has 1 fully saturated rings. The Hall–Kier alpha value is -1.86. The minimum Gasteiger partial charge on any atom is -0.355 e. The molecule has 1 N–H and O–H groups in total. The summed E-state index contributed by atoms with van der Waals surface area (Å²) in [5.74, 6) is -0.0257. The summed E-state index contributed by atoms with van der Waals surface area (Å²) < 4.78 is 29.4. The summed E-state index contributed by atoms with van der Waals surface area (Å²) in [6, 6.07) is 7.06. The molecule has 1 saturated heterocycles. The van der Waals surface area contributed by atoms with Crippen molar-refractivity contribution in [3.05, 3.63) is 30.5 Å². The lowest BCUT2D eigenvalue weighted by Gasteiger charge is -2.20. The van der Waals surface area contributed by atoms with E-state index < -0.39 is 10.0 Å². The number of rotatable bonds is 7. The van der Waals surface area contributed by atoms with E-state index in [4.69, 9.17) is 0 Å². The summed E-state index contributed by atoms with van der Waals surface area (Å²) in [4.78, 5) is 12.4. The fraction of sp³-hybridized carbons (Fsp3) is 0.550. The third-order valence-corrected chi connectivity index (χ3v) is 7.01. The molecule has 0 atom stereocenters. The van der Waals surface area contributed by atoms with Gasteiger partial charge in [-0.05, 0) is 43.5 Å². The van der Waals surface area contributed by atoms with Crippen LogP contribution in [-0.4, -0.2) is 42.8 Å². The summed E-state index contributed by atoms with van der Waals surface area (Å²) in [5.41, 5.74) is 0.871. The second-order valence-electron chi connectivity index (χ2n) is 7.19. The number of nitrogens with one attached hydrogen (secondary N) is 1. The van der Waals surface area contributed by atoms with Gasteiger partial charge in [-0.1, -0.05) is 26.2 Å². The van der Waals surface area contributed by atoms with Gasteiger partial charge in [0.25, 0.3) is 0 Å². The number of carbonyl (C=O) groups is 1. The minimum absolute atomic E-state index is 0.0257. The Morgan fingerprint density at radius 3 is 2.56 bits per heavy atom. The van der Waals surface area contributed by atoms with E-state index in [9.17, 15) is 13.2 Å². The van der Waals surface area contributed by atoms with E-state index in [-0.39, 0.29) is 12.5 Å². The molecule has 3 rings (SSSR count). The van der Waals surface area contributed by atoms with E-state index in [0.717, 1.165) is 49.4 Å². The van der Waals surface area contributed by atoms with Gasteiger partial charge in [-0.3, -0.25) is 4.79 Å². The molecule has 1 aliphatic heterocycles. The van der Waals surface area contributed by atoms with Crippen molar-refractivity contribution in [3.63, 3.8) is 0 Å². The fourth-order valence-electron chi connectivity index (χ4n) is 3.52. The van der Waals surface area contributed by atoms with Crippen molar-refractivity contribution in [1.29, 1.82) is 0 Å². The highest BCUT2D eigenvalue weighted by Gasteiger charge is 2.25. The number of hydrogen-bond donors (Lipinski definition) is 1. The molecule has 0 spiro atoms. The zero-order valence-corrected chi connectivity index (χ0v) is 16.8. The average molecular weight is 392 g/mol. The molecule has 2 heterocycles. The van der Waals surface area contributed by atoms with Crippen molar-refractivity contribution in [2.45, 2.75) is 56.9 Å². The van der Waals surface area contributed by atoms with Crippen LogP contribution in [0.25, 0.3) is 10.9 Å². The van der Waals surface area contributed by atoms with Gasteiger partial charge < -0.3 is 9.88 Å². The second-order valence-corrected chi connectivity index (χ2v) is 9.12. The van der Waals surface area contributed by atoms with Gasteiger partial charge in [0.05, 0.1) is 4.90 Å². The zero-order valence-electron chi connectivity index (χ0n) is 16.0. The molecular weight excluding hydrogens is 362 g/mol. The Morgan fingerprint density at radius 1 is 1.11 bits per heavy atom. The monoisotopic (exact) mass is 391 g/mol. The van der Waals surface area contributed by atoms with E-state index >= 15 is 0 Å². The van der Waals surface area contributed by atoms with E-state index in [1.165, 1.54) is 0 Å². The lowest BCUT2D eigenvalue weighted by molar-refractivity contribution is -0.121. The van der Waals surface area contributed by atoms with Crippen LogP contribution in [0.2, 0.25) is 0 Å². The molecular formula is C20H29N3O3S. The quantitative estimate of drug-likeness (QED) is 0.737. The van der Waals surface area contributed by atoms with Crippen LogP contribution < -0.4 is 5.32 Å². The Balaban J connectivity index is 1.77. The largest absolute Gasteiger partial charge is 0.355 e. The Bertz CT molecular complexity index is 881. The van der Waals surface area contributed by atoms with E-state index in [1.807, 2.05) is 16.8 Å². The number of hydrogen-bond acceptors (Lipinski definition) is 3. The molecule has 0 saturated carbocycles. The number of fused-ring (bicyclic) bond motifs is 1. The highest BCUT2D eigenvalue weighted by atomic mass is 32.2. The van der Waals surface area contributed by atoms with Crippen molar-refractivity contribution in [2.75, 3.05) is 19.6 Å². The number of nitrogens with zero attached hydrogens (tertiary/aromatic N) is 2. The van der Waals surface area contributed by atoms with Crippen LogP contribution in [0.4, 0.5) is 0 Å². The Kier molecular flexibility index (Phi) is 6.55. The van der Waals surface area contributed by atoms with E-state index in [1.54, 1.807) is 22.5 Å². The van der Waals surface area contributed by atoms with Gasteiger partial charge in [0.2, 0.25) is 15.9 Å². The number of unbranched alkanes of at least 4 members (excludes halogenated alkanes) is 1. The van der Waals surface area contributed by atoms with Crippen LogP contribution in [0.15, 0.2) is 35.4 Å². The van der Waals surface area contributed by atoms with E-state index in [0.29, 0.717) is 24.5 Å². The second kappa shape index (κ2) is 8.89. The van der Waals surface area contributed by atoms with Gasteiger partial charge in [-0.25, -0.2) is 8.42 Å². The summed E-state index contributed by atoms with van der Waals surface area (Å²) >= 11 is 0. The topological polar surface area (TPSA) is 71.4 Å². The van der Waals surface area contributed by atoms with Crippen molar-refractivity contribution in [1.82, 2.24) is 14.2 Å². The summed E-state index contributed by atoms with van der Waals surface area (Å²) in [5, 5.41) is 3.75. The van der Waals surface area contributed by atoms with Crippen molar-refractivity contribution in [3.8, 4) is 0 Å². The molecule has 7 heteroatoms. The van der Waals surface area contributed by atoms with Crippen LogP contribution in [-0.2, 0) is 21.4 Å². The fourth-order valence-corrected chi connectivity index (χ4v) is 5.08. The van der Waals surface area contributed by atoms with Crippen LogP contribution in [0.5, 0.6) is 0 Å². The first-order valence-corrected chi connectivity index (χ1v) is 11.3. The van der Waals surface area contributed by atoms with Gasteiger partial charge >= 0.3 is 0 Å². The molecule has 0 radical (unpaired) electrons. The molecule has 1 aromatic carbocycles. The summed E-state index contributed by atoms with van der Waals surface area (Å²) in [6.07, 6.45) is 7.88. The molecule has 1 aliphatic rings. The normalized spacial score (nSPS) is 16.3. The van der Waals surface area contributed by atoms with Gasteiger partial charge in [0, 0.05) is 36.7 Å². The van der Waals surface area contributed by atoms with Crippen molar-refractivity contribution >= 4 is 26.8 Å². The smallest absolute Gasteiger partial charge is 0.243 e. The lowest BCUT2D eigenvalue weighted by Crippen LogP contribution is -2.31. The van der Waals surface area contributed by atoms with Crippen molar-refractivity contribution < 1.29 is 13.2 Å². The third kappa shape index (κ3) is 4.71. The molecule has 0 unspecified atom stereocenters.